The third-order valence-corrected chi connectivity index (χ3v) is 5.06. The molecule has 0 radical (unpaired) electrons. The van der Waals surface area contributed by atoms with Gasteiger partial charge in [-0.1, -0.05) is 36.4 Å². The Morgan fingerprint density at radius 1 is 1.43 bits per heavy atom. The second-order valence-electron chi connectivity index (χ2n) is 4.66. The Balaban J connectivity index is 1.89. The van der Waals surface area contributed by atoms with Gasteiger partial charge in [0.05, 0.1) is 5.69 Å². The van der Waals surface area contributed by atoms with Crippen molar-refractivity contribution in [3.05, 3.63) is 46.6 Å². The van der Waals surface area contributed by atoms with Crippen LogP contribution in [0.4, 0.5) is 0 Å². The van der Waals surface area contributed by atoms with Crippen LogP contribution in [0.1, 0.15) is 19.0 Å². The Kier molecular flexibility index (Phi) is 4.85. The minimum Gasteiger partial charge on any atom is -0.311 e. The molecule has 110 valence electrons. The lowest BCUT2D eigenvalue weighted by Gasteiger charge is -2.05. The summed E-state index contributed by atoms with van der Waals surface area (Å²) in [5, 5.41) is 7.34. The second-order valence-corrected chi connectivity index (χ2v) is 7.03. The molecular formula is C15H16ClN3S2. The predicted molar refractivity (Wildman–Crippen MR) is 90.6 cm³/mol. The van der Waals surface area contributed by atoms with Crippen molar-refractivity contribution in [2.24, 2.45) is 0 Å². The highest BCUT2D eigenvalue weighted by Gasteiger charge is 2.14. The van der Waals surface area contributed by atoms with Gasteiger partial charge in [0, 0.05) is 28.0 Å². The fraction of sp³-hybridized carbons (Fsp3) is 0.267. The van der Waals surface area contributed by atoms with E-state index in [1.54, 1.807) is 23.1 Å². The molecule has 0 saturated carbocycles. The summed E-state index contributed by atoms with van der Waals surface area (Å²) in [5.74, 6) is 0. The number of nitrogens with zero attached hydrogens (tertiary/aromatic N) is 2. The van der Waals surface area contributed by atoms with Gasteiger partial charge in [0.15, 0.2) is 4.96 Å². The molecule has 0 spiro atoms. The molecule has 3 rings (SSSR count). The zero-order valence-corrected chi connectivity index (χ0v) is 14.1. The van der Waals surface area contributed by atoms with Crippen molar-refractivity contribution in [3.63, 3.8) is 0 Å². The molecule has 0 bridgehead atoms. The first-order valence-corrected chi connectivity index (χ1v) is 8.94. The van der Waals surface area contributed by atoms with E-state index in [1.165, 1.54) is 5.69 Å². The molecule has 1 N–H and O–H groups in total. The number of nitrogens with one attached hydrogen (secondary N) is 1. The monoisotopic (exact) mass is 337 g/mol. The average Bonchev–Trinajstić information content (AvgIpc) is 3.02. The number of fused-ring (bicyclic) bond motifs is 1. The number of thiazole rings is 1. The van der Waals surface area contributed by atoms with E-state index in [0.29, 0.717) is 0 Å². The van der Waals surface area contributed by atoms with E-state index in [2.05, 4.69) is 34.3 Å². The number of rotatable bonds is 6. The van der Waals surface area contributed by atoms with Crippen molar-refractivity contribution in [2.75, 3.05) is 6.54 Å². The zero-order chi connectivity index (χ0) is 14.7. The van der Waals surface area contributed by atoms with Gasteiger partial charge in [0.1, 0.15) is 5.03 Å². The van der Waals surface area contributed by atoms with E-state index in [1.807, 2.05) is 18.2 Å². The van der Waals surface area contributed by atoms with Crippen LogP contribution >= 0.6 is 34.7 Å². The van der Waals surface area contributed by atoms with Crippen LogP contribution in [-0.2, 0) is 6.54 Å². The highest BCUT2D eigenvalue weighted by Crippen LogP contribution is 2.32. The summed E-state index contributed by atoms with van der Waals surface area (Å²) < 4.78 is 2.17. The van der Waals surface area contributed by atoms with Crippen molar-refractivity contribution < 1.29 is 0 Å². The van der Waals surface area contributed by atoms with Gasteiger partial charge in [-0.2, -0.15) is 0 Å². The molecule has 2 heterocycles. The number of halogens is 1. The summed E-state index contributed by atoms with van der Waals surface area (Å²) in [4.78, 5) is 6.89. The van der Waals surface area contributed by atoms with Gasteiger partial charge in [-0.05, 0) is 31.2 Å². The molecule has 3 aromatic rings. The SMILES string of the molecule is CCCNCc1c(Sc2cccc(Cl)c2)nc2sccn12. The number of aromatic nitrogens is 2. The molecule has 0 unspecified atom stereocenters. The Hall–Kier alpha value is -1.01. The fourth-order valence-corrected chi connectivity index (χ4v) is 4.10. The van der Waals surface area contributed by atoms with Crippen LogP contribution in [0.25, 0.3) is 4.96 Å². The molecule has 1 aromatic carbocycles. The van der Waals surface area contributed by atoms with Gasteiger partial charge < -0.3 is 5.32 Å². The summed E-state index contributed by atoms with van der Waals surface area (Å²) in [6.07, 6.45) is 3.21. The molecule has 0 aliphatic carbocycles. The average molecular weight is 338 g/mol. The van der Waals surface area contributed by atoms with Gasteiger partial charge in [-0.3, -0.25) is 4.40 Å². The topological polar surface area (TPSA) is 29.3 Å². The highest BCUT2D eigenvalue weighted by atomic mass is 35.5. The summed E-state index contributed by atoms with van der Waals surface area (Å²) in [5.41, 5.74) is 1.21. The van der Waals surface area contributed by atoms with Crippen LogP contribution in [0.3, 0.4) is 0 Å². The molecule has 0 aliphatic heterocycles. The van der Waals surface area contributed by atoms with Crippen LogP contribution in [-0.4, -0.2) is 15.9 Å². The van der Waals surface area contributed by atoms with Crippen LogP contribution in [0.5, 0.6) is 0 Å². The van der Waals surface area contributed by atoms with Gasteiger partial charge in [-0.25, -0.2) is 4.98 Å². The maximum absolute atomic E-state index is 6.06. The van der Waals surface area contributed by atoms with Gasteiger partial charge in [-0.15, -0.1) is 11.3 Å². The lowest BCUT2D eigenvalue weighted by molar-refractivity contribution is 0.653. The normalized spacial score (nSPS) is 11.3. The number of imidazole rings is 1. The Morgan fingerprint density at radius 3 is 3.14 bits per heavy atom. The first kappa shape index (κ1) is 14.9. The minimum atomic E-state index is 0.756. The molecule has 2 aromatic heterocycles. The molecular weight excluding hydrogens is 322 g/mol. The van der Waals surface area contributed by atoms with Gasteiger partial charge in [0.2, 0.25) is 0 Å². The first-order valence-electron chi connectivity index (χ1n) is 6.86. The van der Waals surface area contributed by atoms with E-state index >= 15 is 0 Å². The summed E-state index contributed by atoms with van der Waals surface area (Å²) >= 11 is 9.39. The standard InChI is InChI=1S/C15H16ClN3S2/c1-2-6-17-10-13-14(18-15-19(13)7-8-20-15)21-12-5-3-4-11(16)9-12/h3-5,7-9,17H,2,6,10H2,1H3. The lowest BCUT2D eigenvalue weighted by Crippen LogP contribution is -2.15. The van der Waals surface area contributed by atoms with E-state index in [-0.39, 0.29) is 0 Å². The van der Waals surface area contributed by atoms with Crippen LogP contribution in [0.15, 0.2) is 45.8 Å². The third kappa shape index (κ3) is 3.43. The van der Waals surface area contributed by atoms with Crippen LogP contribution < -0.4 is 5.32 Å². The van der Waals surface area contributed by atoms with Crippen LogP contribution in [0.2, 0.25) is 5.02 Å². The molecule has 0 fully saturated rings. The molecule has 0 aliphatic rings. The third-order valence-electron chi connectivity index (χ3n) is 3.05. The molecule has 6 heteroatoms. The molecule has 0 amide bonds. The lowest BCUT2D eigenvalue weighted by atomic mass is 10.4. The number of hydrogen-bond donors (Lipinski definition) is 1. The smallest absolute Gasteiger partial charge is 0.194 e. The zero-order valence-electron chi connectivity index (χ0n) is 11.7. The quantitative estimate of drug-likeness (QED) is 0.661. The Bertz CT molecular complexity index is 735. The summed E-state index contributed by atoms with van der Waals surface area (Å²) in [7, 11) is 0. The first-order chi connectivity index (χ1) is 10.3. The van der Waals surface area contributed by atoms with Crippen molar-refractivity contribution in [3.8, 4) is 0 Å². The maximum atomic E-state index is 6.06. The van der Waals surface area contributed by atoms with Crippen molar-refractivity contribution in [1.29, 1.82) is 0 Å². The molecule has 21 heavy (non-hydrogen) atoms. The van der Waals surface area contributed by atoms with Crippen molar-refractivity contribution >= 4 is 39.7 Å². The molecule has 0 saturated heterocycles. The van der Waals surface area contributed by atoms with Crippen molar-refractivity contribution in [2.45, 2.75) is 29.8 Å². The van der Waals surface area contributed by atoms with E-state index in [4.69, 9.17) is 16.6 Å². The second kappa shape index (κ2) is 6.83. The number of benzene rings is 1. The maximum Gasteiger partial charge on any atom is 0.194 e. The Labute approximate surface area is 137 Å². The van der Waals surface area contributed by atoms with Crippen LogP contribution in [0, 0.1) is 0 Å². The molecule has 3 nitrogen and oxygen atoms in total. The largest absolute Gasteiger partial charge is 0.311 e. The predicted octanol–water partition coefficient (Wildman–Crippen LogP) is 4.70. The van der Waals surface area contributed by atoms with Gasteiger partial charge in [0.25, 0.3) is 0 Å². The minimum absolute atomic E-state index is 0.756. The summed E-state index contributed by atoms with van der Waals surface area (Å²) in [6, 6.07) is 7.90. The Morgan fingerprint density at radius 2 is 2.33 bits per heavy atom. The van der Waals surface area contributed by atoms with E-state index in [9.17, 15) is 0 Å². The number of hydrogen-bond acceptors (Lipinski definition) is 4. The highest BCUT2D eigenvalue weighted by molar-refractivity contribution is 7.99. The molecule has 0 atom stereocenters. The fourth-order valence-electron chi connectivity index (χ4n) is 2.08. The van der Waals surface area contributed by atoms with Gasteiger partial charge >= 0.3 is 0 Å². The van der Waals surface area contributed by atoms with E-state index in [0.717, 1.165) is 39.4 Å². The van der Waals surface area contributed by atoms with Crippen molar-refractivity contribution in [1.82, 2.24) is 14.7 Å². The summed E-state index contributed by atoms with van der Waals surface area (Å²) in [6.45, 7) is 4.01. The van der Waals surface area contributed by atoms with E-state index < -0.39 is 0 Å².